The SMILES string of the molecule is O=C(COc1ccc(N2C(=O)C3C4CCC(C5CC54)C3C2=O)nc1)c1ccc(=O)[nH]c1. The van der Waals surface area contributed by atoms with E-state index in [0.717, 1.165) is 12.8 Å². The van der Waals surface area contributed by atoms with E-state index in [2.05, 4.69) is 9.97 Å². The standard InChI is InChI=1S/C23H21N3O5/c27-17(11-1-6-19(28)25-8-11)10-31-12-2-5-18(24-9-12)26-22(29)20-13-3-4-14(16-7-15(13)16)21(20)23(26)30/h1-2,5-6,8-9,13-16,20-21H,3-4,7,10H2,(H,25,28). The van der Waals surface area contributed by atoms with Gasteiger partial charge in [0.2, 0.25) is 23.2 Å². The van der Waals surface area contributed by atoms with Gasteiger partial charge >= 0.3 is 0 Å². The number of hydrogen-bond donors (Lipinski definition) is 1. The molecule has 0 radical (unpaired) electrons. The first-order valence-electron chi connectivity index (χ1n) is 10.7. The van der Waals surface area contributed by atoms with Crippen LogP contribution < -0.4 is 15.2 Å². The minimum atomic E-state index is -0.289. The van der Waals surface area contributed by atoms with Gasteiger partial charge < -0.3 is 9.72 Å². The number of H-pyrrole nitrogens is 1. The molecular formula is C23H21N3O5. The lowest BCUT2D eigenvalue weighted by Gasteiger charge is -2.42. The number of carbonyl (C=O) groups excluding carboxylic acids is 3. The van der Waals surface area contributed by atoms with Gasteiger partial charge in [0.25, 0.3) is 0 Å². The molecule has 1 N–H and O–H groups in total. The van der Waals surface area contributed by atoms with Crippen LogP contribution in [0.15, 0.2) is 41.5 Å². The number of aromatic nitrogens is 2. The molecule has 1 aliphatic heterocycles. The van der Waals surface area contributed by atoms with Crippen LogP contribution in [0.5, 0.6) is 5.75 Å². The number of hydrogen-bond acceptors (Lipinski definition) is 6. The van der Waals surface area contributed by atoms with Gasteiger partial charge in [-0.15, -0.1) is 0 Å². The van der Waals surface area contributed by atoms with Crippen LogP contribution in [0.1, 0.15) is 29.6 Å². The number of anilines is 1. The molecule has 4 aliphatic carbocycles. The maximum Gasteiger partial charge on any atom is 0.247 e. The molecule has 2 bridgehead atoms. The number of ketones is 1. The van der Waals surface area contributed by atoms with Crippen LogP contribution in [0, 0.1) is 35.5 Å². The van der Waals surface area contributed by atoms with Gasteiger partial charge in [0.05, 0.1) is 18.0 Å². The van der Waals surface area contributed by atoms with Crippen LogP contribution in [0.4, 0.5) is 5.82 Å². The molecule has 8 nitrogen and oxygen atoms in total. The molecule has 2 aromatic heterocycles. The van der Waals surface area contributed by atoms with Gasteiger partial charge in [0.1, 0.15) is 11.6 Å². The first-order valence-corrected chi connectivity index (χ1v) is 10.7. The molecule has 3 heterocycles. The van der Waals surface area contributed by atoms with Crippen LogP contribution in [-0.2, 0) is 9.59 Å². The molecule has 2 amide bonds. The van der Waals surface area contributed by atoms with Crippen molar-refractivity contribution in [3.63, 3.8) is 0 Å². The third-order valence-corrected chi connectivity index (χ3v) is 7.57. The van der Waals surface area contributed by atoms with Crippen molar-refractivity contribution in [1.29, 1.82) is 0 Å². The summed E-state index contributed by atoms with van der Waals surface area (Å²) in [5.74, 6) is 1.80. The van der Waals surface area contributed by atoms with Crippen molar-refractivity contribution >= 4 is 23.4 Å². The molecule has 0 spiro atoms. The number of pyridine rings is 2. The Morgan fingerprint density at radius 2 is 1.71 bits per heavy atom. The summed E-state index contributed by atoms with van der Waals surface area (Å²) in [5.41, 5.74) is 0.0564. The van der Waals surface area contributed by atoms with E-state index >= 15 is 0 Å². The van der Waals surface area contributed by atoms with E-state index in [1.807, 2.05) is 0 Å². The summed E-state index contributed by atoms with van der Waals surface area (Å²) < 4.78 is 5.49. The number of Topliss-reactive ketones (excluding diaryl/α,β-unsaturated/α-hetero) is 1. The second-order valence-corrected chi connectivity index (χ2v) is 9.04. The topological polar surface area (TPSA) is 109 Å². The normalized spacial score (nSPS) is 32.6. The van der Waals surface area contributed by atoms with Gasteiger partial charge in [-0.2, -0.15) is 0 Å². The molecule has 5 fully saturated rings. The molecule has 6 atom stereocenters. The summed E-state index contributed by atoms with van der Waals surface area (Å²) in [6, 6.07) is 5.92. The lowest BCUT2D eigenvalue weighted by atomic mass is 9.59. The van der Waals surface area contributed by atoms with Crippen molar-refractivity contribution in [2.45, 2.75) is 19.3 Å². The Morgan fingerprint density at radius 1 is 1.00 bits per heavy atom. The monoisotopic (exact) mass is 419 g/mol. The summed E-state index contributed by atoms with van der Waals surface area (Å²) in [5, 5.41) is 0. The van der Waals surface area contributed by atoms with E-state index in [9.17, 15) is 19.2 Å². The maximum atomic E-state index is 13.1. The lowest BCUT2D eigenvalue weighted by molar-refractivity contribution is -0.129. The second-order valence-electron chi connectivity index (χ2n) is 9.04. The highest BCUT2D eigenvalue weighted by Crippen LogP contribution is 2.68. The minimum absolute atomic E-state index is 0.107. The first-order chi connectivity index (χ1) is 15.0. The van der Waals surface area contributed by atoms with E-state index in [0.29, 0.717) is 40.8 Å². The summed E-state index contributed by atoms with van der Waals surface area (Å²) in [4.78, 5) is 57.6. The van der Waals surface area contributed by atoms with E-state index in [1.54, 1.807) is 12.1 Å². The lowest BCUT2D eigenvalue weighted by Crippen LogP contribution is -2.43. The smallest absolute Gasteiger partial charge is 0.247 e. The Morgan fingerprint density at radius 3 is 2.29 bits per heavy atom. The van der Waals surface area contributed by atoms with E-state index < -0.39 is 0 Å². The molecular weight excluding hydrogens is 398 g/mol. The fourth-order valence-corrected chi connectivity index (χ4v) is 6.17. The van der Waals surface area contributed by atoms with Crippen LogP contribution in [0.2, 0.25) is 0 Å². The summed E-state index contributed by atoms with van der Waals surface area (Å²) >= 11 is 0. The van der Waals surface area contributed by atoms with Crippen molar-refractivity contribution in [3.8, 4) is 5.75 Å². The quantitative estimate of drug-likeness (QED) is 0.585. The average molecular weight is 419 g/mol. The number of fused-ring (bicyclic) bond motifs is 1. The van der Waals surface area contributed by atoms with Crippen LogP contribution in [-0.4, -0.2) is 34.2 Å². The Balaban J connectivity index is 1.16. The predicted molar refractivity (Wildman–Crippen MR) is 108 cm³/mol. The molecule has 2 aromatic rings. The van der Waals surface area contributed by atoms with Gasteiger partial charge in [-0.05, 0) is 61.1 Å². The van der Waals surface area contributed by atoms with Gasteiger partial charge in [-0.3, -0.25) is 19.2 Å². The number of rotatable bonds is 5. The van der Waals surface area contributed by atoms with Crippen molar-refractivity contribution in [2.24, 2.45) is 35.5 Å². The third kappa shape index (κ3) is 2.77. The molecule has 8 heteroatoms. The number of carbonyl (C=O) groups is 3. The number of imide groups is 1. The van der Waals surface area contributed by atoms with Crippen LogP contribution in [0.3, 0.4) is 0 Å². The average Bonchev–Trinajstić information content (AvgIpc) is 3.56. The van der Waals surface area contributed by atoms with Crippen LogP contribution >= 0.6 is 0 Å². The highest BCUT2D eigenvalue weighted by molar-refractivity contribution is 6.22. The number of nitrogens with zero attached hydrogens (tertiary/aromatic N) is 2. The van der Waals surface area contributed by atoms with E-state index in [4.69, 9.17) is 4.74 Å². The molecule has 1 saturated heterocycles. The first kappa shape index (κ1) is 18.5. The van der Waals surface area contributed by atoms with Gasteiger partial charge in [0.15, 0.2) is 6.61 Å². The summed E-state index contributed by atoms with van der Waals surface area (Å²) in [6.07, 6.45) is 6.07. The molecule has 7 rings (SSSR count). The van der Waals surface area contributed by atoms with E-state index in [1.165, 1.54) is 35.8 Å². The van der Waals surface area contributed by atoms with Gasteiger partial charge in [0, 0.05) is 17.8 Å². The van der Waals surface area contributed by atoms with Crippen molar-refractivity contribution in [2.75, 3.05) is 11.5 Å². The number of nitrogens with one attached hydrogen (secondary N) is 1. The zero-order valence-corrected chi connectivity index (χ0v) is 16.7. The Bertz CT molecular complexity index is 1100. The van der Waals surface area contributed by atoms with Crippen molar-refractivity contribution in [3.05, 3.63) is 52.6 Å². The Hall–Kier alpha value is -3.29. The maximum absolute atomic E-state index is 13.1. The molecule has 4 saturated carbocycles. The fourth-order valence-electron chi connectivity index (χ4n) is 6.17. The zero-order chi connectivity index (χ0) is 21.3. The van der Waals surface area contributed by atoms with Crippen LogP contribution in [0.25, 0.3) is 0 Å². The molecule has 5 aliphatic rings. The van der Waals surface area contributed by atoms with Gasteiger partial charge in [-0.25, -0.2) is 9.88 Å². The van der Waals surface area contributed by atoms with Crippen molar-refractivity contribution in [1.82, 2.24) is 9.97 Å². The van der Waals surface area contributed by atoms with Crippen molar-refractivity contribution < 1.29 is 19.1 Å². The Kier molecular flexibility index (Phi) is 3.94. The minimum Gasteiger partial charge on any atom is -0.484 e. The zero-order valence-electron chi connectivity index (χ0n) is 16.7. The molecule has 0 aromatic carbocycles. The van der Waals surface area contributed by atoms with E-state index in [-0.39, 0.29) is 41.6 Å². The highest BCUT2D eigenvalue weighted by Gasteiger charge is 2.68. The molecule has 6 unspecified atom stereocenters. The fraction of sp³-hybridized carbons (Fsp3) is 0.435. The highest BCUT2D eigenvalue weighted by atomic mass is 16.5. The molecule has 31 heavy (non-hydrogen) atoms. The largest absolute Gasteiger partial charge is 0.484 e. The number of amides is 2. The predicted octanol–water partition coefficient (Wildman–Crippen LogP) is 1.81. The second kappa shape index (κ2) is 6.60. The number of ether oxygens (including phenoxy) is 1. The summed E-state index contributed by atoms with van der Waals surface area (Å²) in [7, 11) is 0. The van der Waals surface area contributed by atoms with Gasteiger partial charge in [-0.1, -0.05) is 0 Å². The summed E-state index contributed by atoms with van der Waals surface area (Å²) in [6.45, 7) is -0.217. The number of aromatic amines is 1. The Labute approximate surface area is 177 Å². The third-order valence-electron chi connectivity index (χ3n) is 7.57. The molecule has 158 valence electrons.